The molecule has 1 aliphatic heterocycles. The Hall–Kier alpha value is -2.63. The van der Waals surface area contributed by atoms with Gasteiger partial charge in [-0.2, -0.15) is 0 Å². The Labute approximate surface area is 511 Å². The van der Waals surface area contributed by atoms with Gasteiger partial charge in [-0.15, -0.1) is 0 Å². The average Bonchev–Trinajstić information content (AvgIpc) is 3.61. The summed E-state index contributed by atoms with van der Waals surface area (Å²) in [5.74, 6) is -0.176. The van der Waals surface area contributed by atoms with Crippen LogP contribution >= 0.6 is 0 Å². The zero-order chi connectivity index (χ0) is 60.0. The van der Waals surface area contributed by atoms with Crippen LogP contribution in [0.3, 0.4) is 0 Å². The molecule has 482 valence electrons. The highest BCUT2D eigenvalue weighted by Crippen LogP contribution is 2.23. The molecule has 7 atom stereocenters. The molecule has 9 heteroatoms. The van der Waals surface area contributed by atoms with Crippen LogP contribution in [0.4, 0.5) is 0 Å². The lowest BCUT2D eigenvalue weighted by Gasteiger charge is -2.40. The van der Waals surface area contributed by atoms with E-state index in [2.05, 4.69) is 92.1 Å². The summed E-state index contributed by atoms with van der Waals surface area (Å²) in [6, 6.07) is -0.811. The Bertz CT molecular complexity index is 1590. The lowest BCUT2D eigenvalue weighted by molar-refractivity contribution is -0.302. The molecule has 0 saturated carbocycles. The van der Waals surface area contributed by atoms with Crippen molar-refractivity contribution in [3.05, 3.63) is 85.1 Å². The van der Waals surface area contributed by atoms with Crippen LogP contribution in [0.5, 0.6) is 0 Å². The van der Waals surface area contributed by atoms with Gasteiger partial charge in [-0.25, -0.2) is 0 Å². The predicted molar refractivity (Wildman–Crippen MR) is 355 cm³/mol. The van der Waals surface area contributed by atoms with E-state index in [-0.39, 0.29) is 12.5 Å². The zero-order valence-corrected chi connectivity index (χ0v) is 53.9. The van der Waals surface area contributed by atoms with Gasteiger partial charge in [0, 0.05) is 6.42 Å². The van der Waals surface area contributed by atoms with Crippen molar-refractivity contribution in [1.82, 2.24) is 5.32 Å². The van der Waals surface area contributed by atoms with Gasteiger partial charge in [0.1, 0.15) is 24.4 Å². The quantitative estimate of drug-likeness (QED) is 0.0261. The van der Waals surface area contributed by atoms with Crippen LogP contribution in [0.25, 0.3) is 0 Å². The minimum atomic E-state index is -1.57. The smallest absolute Gasteiger partial charge is 0.220 e. The molecule has 83 heavy (non-hydrogen) atoms. The highest BCUT2D eigenvalue weighted by Gasteiger charge is 2.44. The number of rotatable bonds is 61. The summed E-state index contributed by atoms with van der Waals surface area (Å²) in [6.07, 6.45) is 82.5. The van der Waals surface area contributed by atoms with E-state index in [0.717, 1.165) is 77.0 Å². The molecule has 9 nitrogen and oxygen atoms in total. The van der Waals surface area contributed by atoms with Crippen LogP contribution in [0.2, 0.25) is 0 Å². The Kier molecular flexibility index (Phi) is 59.0. The highest BCUT2D eigenvalue weighted by molar-refractivity contribution is 5.76. The largest absolute Gasteiger partial charge is 0.394 e. The minimum absolute atomic E-state index is 0.176. The normalized spacial score (nSPS) is 18.8. The van der Waals surface area contributed by atoms with Crippen LogP contribution in [0.15, 0.2) is 85.1 Å². The third kappa shape index (κ3) is 51.2. The average molecular weight is 1160 g/mol. The summed E-state index contributed by atoms with van der Waals surface area (Å²) in [4.78, 5) is 13.1. The van der Waals surface area contributed by atoms with Gasteiger partial charge in [-0.05, 0) is 70.6 Å². The zero-order valence-electron chi connectivity index (χ0n) is 53.9. The fourth-order valence-corrected chi connectivity index (χ4v) is 11.0. The second kappa shape index (κ2) is 62.4. The Morgan fingerprint density at radius 2 is 0.747 bits per heavy atom. The van der Waals surface area contributed by atoms with E-state index in [0.29, 0.717) is 6.42 Å². The number of allylic oxidation sites excluding steroid dienone is 13. The maximum Gasteiger partial charge on any atom is 0.220 e. The molecular formula is C74H133NO8. The van der Waals surface area contributed by atoms with Gasteiger partial charge in [-0.3, -0.25) is 4.79 Å². The van der Waals surface area contributed by atoms with E-state index in [9.17, 15) is 30.3 Å². The molecule has 1 aliphatic rings. The van der Waals surface area contributed by atoms with Crippen molar-refractivity contribution in [2.75, 3.05) is 13.2 Å². The number of amides is 1. The summed E-state index contributed by atoms with van der Waals surface area (Å²) < 4.78 is 11.3. The van der Waals surface area contributed by atoms with Gasteiger partial charge in [-0.1, -0.05) is 330 Å². The third-order valence-corrected chi connectivity index (χ3v) is 16.5. The molecule has 1 heterocycles. The van der Waals surface area contributed by atoms with E-state index < -0.39 is 49.5 Å². The number of hydrogen-bond donors (Lipinski definition) is 6. The van der Waals surface area contributed by atoms with Crippen LogP contribution in [0.1, 0.15) is 322 Å². The second-order valence-corrected chi connectivity index (χ2v) is 24.3. The molecule has 0 aromatic rings. The number of carbonyl (C=O) groups is 1. The summed E-state index contributed by atoms with van der Waals surface area (Å²) in [7, 11) is 0. The van der Waals surface area contributed by atoms with E-state index in [1.807, 2.05) is 6.08 Å². The molecule has 0 radical (unpaired) electrons. The molecule has 7 unspecified atom stereocenters. The molecule has 6 N–H and O–H groups in total. The first-order valence-electron chi connectivity index (χ1n) is 35.3. The van der Waals surface area contributed by atoms with Crippen molar-refractivity contribution < 1.29 is 39.8 Å². The van der Waals surface area contributed by atoms with Crippen molar-refractivity contribution in [1.29, 1.82) is 0 Å². The molecule has 1 fully saturated rings. The van der Waals surface area contributed by atoms with Crippen LogP contribution in [-0.2, 0) is 14.3 Å². The number of nitrogens with one attached hydrogen (secondary N) is 1. The molecule has 0 aromatic carbocycles. The molecule has 0 aliphatic carbocycles. The first-order chi connectivity index (χ1) is 40.8. The maximum atomic E-state index is 13.1. The van der Waals surface area contributed by atoms with Crippen molar-refractivity contribution in [2.45, 2.75) is 365 Å². The van der Waals surface area contributed by atoms with Crippen LogP contribution in [-0.4, -0.2) is 87.5 Å². The number of unbranched alkanes of at least 4 members (excludes halogenated alkanes) is 39. The Balaban J connectivity index is 2.14. The fraction of sp³-hybridized carbons (Fsp3) is 0.797. The summed E-state index contributed by atoms with van der Waals surface area (Å²) in [6.45, 7) is 3.70. The summed E-state index contributed by atoms with van der Waals surface area (Å²) in [5, 5.41) is 54.8. The van der Waals surface area contributed by atoms with E-state index in [4.69, 9.17) is 9.47 Å². The maximum absolute atomic E-state index is 13.1. The molecule has 0 spiro atoms. The van der Waals surface area contributed by atoms with Crippen molar-refractivity contribution in [2.24, 2.45) is 0 Å². The number of ether oxygens (including phenoxy) is 2. The predicted octanol–water partition coefficient (Wildman–Crippen LogP) is 19.3. The van der Waals surface area contributed by atoms with Gasteiger partial charge < -0.3 is 40.3 Å². The number of hydrogen-bond acceptors (Lipinski definition) is 8. The van der Waals surface area contributed by atoms with Gasteiger partial charge in [0.2, 0.25) is 5.91 Å². The van der Waals surface area contributed by atoms with Crippen molar-refractivity contribution in [3.63, 3.8) is 0 Å². The SMILES string of the molecule is CC/C=C\C/C=C\C/C=C\C/C=C\C/C=C\C/C=C\CCCCCCCCCCCCCCCCC(=O)NC(COC1OC(CO)C(O)C(O)C1O)C(O)/C=C/CCCCCCCCCCCCCCCCCCCCCCCCCCC. The molecular weight excluding hydrogens is 1030 g/mol. The van der Waals surface area contributed by atoms with E-state index in [1.165, 1.54) is 225 Å². The van der Waals surface area contributed by atoms with E-state index >= 15 is 0 Å². The molecule has 1 amide bonds. The first kappa shape index (κ1) is 78.4. The Morgan fingerprint density at radius 1 is 0.422 bits per heavy atom. The summed E-state index contributed by atoms with van der Waals surface area (Å²) >= 11 is 0. The molecule has 0 bridgehead atoms. The number of aliphatic hydroxyl groups excluding tert-OH is 5. The van der Waals surface area contributed by atoms with Gasteiger partial charge in [0.15, 0.2) is 6.29 Å². The number of aliphatic hydroxyl groups is 5. The van der Waals surface area contributed by atoms with Gasteiger partial charge >= 0.3 is 0 Å². The van der Waals surface area contributed by atoms with Gasteiger partial charge in [0.05, 0.1) is 25.4 Å². The second-order valence-electron chi connectivity index (χ2n) is 24.3. The standard InChI is InChI=1S/C74H133NO8/c1-3-5-7-9-11-13-15-17-19-21-23-25-27-29-31-32-33-34-35-36-38-40-42-44-46-48-50-52-54-56-58-60-62-64-70(78)75-67(66-82-74-73(81)72(80)71(79)69(65-76)83-74)68(77)63-61-59-57-55-53-51-49-47-45-43-41-39-37-30-28-26-24-22-20-18-16-14-12-10-8-6-4-2/h5,7,11,13,17,19,23,25,29,31,33-34,61,63,67-69,71-74,76-77,79-81H,3-4,6,8-10,12,14-16,18,20-22,24,26-28,30,32,35-60,62,64-66H2,1-2H3,(H,75,78)/b7-5-,13-11-,19-17-,25-23-,31-29-,34-33-,63-61+. The van der Waals surface area contributed by atoms with Crippen LogP contribution in [0, 0.1) is 0 Å². The fourth-order valence-electron chi connectivity index (χ4n) is 11.0. The van der Waals surface area contributed by atoms with Crippen molar-refractivity contribution in [3.8, 4) is 0 Å². The van der Waals surface area contributed by atoms with E-state index in [1.54, 1.807) is 6.08 Å². The Morgan fingerprint density at radius 3 is 1.11 bits per heavy atom. The lowest BCUT2D eigenvalue weighted by atomic mass is 9.99. The lowest BCUT2D eigenvalue weighted by Crippen LogP contribution is -2.60. The molecule has 1 saturated heterocycles. The topological polar surface area (TPSA) is 149 Å². The molecule has 0 aromatic heterocycles. The molecule has 1 rings (SSSR count). The van der Waals surface area contributed by atoms with Gasteiger partial charge in [0.25, 0.3) is 0 Å². The monoisotopic (exact) mass is 1160 g/mol. The van der Waals surface area contributed by atoms with Crippen LogP contribution < -0.4 is 5.32 Å². The first-order valence-corrected chi connectivity index (χ1v) is 35.3. The summed E-state index contributed by atoms with van der Waals surface area (Å²) in [5.41, 5.74) is 0. The third-order valence-electron chi connectivity index (χ3n) is 16.5. The minimum Gasteiger partial charge on any atom is -0.394 e. The van der Waals surface area contributed by atoms with Crippen molar-refractivity contribution >= 4 is 5.91 Å². The highest BCUT2D eigenvalue weighted by atomic mass is 16.7. The number of carbonyl (C=O) groups excluding carboxylic acids is 1.